The Morgan fingerprint density at radius 2 is 2.03 bits per heavy atom. The van der Waals surface area contributed by atoms with Gasteiger partial charge < -0.3 is 29.5 Å². The van der Waals surface area contributed by atoms with E-state index in [2.05, 4.69) is 9.97 Å². The smallest absolute Gasteiger partial charge is 0.359 e. The van der Waals surface area contributed by atoms with Gasteiger partial charge in [0.05, 0.1) is 23.8 Å². The molecule has 1 aliphatic heterocycles. The normalized spacial score (nSPS) is 27.4. The largest absolute Gasteiger partial charge is 0.388 e. The van der Waals surface area contributed by atoms with E-state index in [4.69, 9.17) is 9.26 Å². The van der Waals surface area contributed by atoms with Crippen LogP contribution >= 0.6 is 7.60 Å². The number of hydrogen-bond acceptors (Lipinski definition) is 9. The number of hydrogen-bond donors (Lipinski definition) is 5. The summed E-state index contributed by atoms with van der Waals surface area (Å²) < 4.78 is 37.6. The van der Waals surface area contributed by atoms with Crippen LogP contribution in [0.2, 0.25) is 0 Å². The van der Waals surface area contributed by atoms with E-state index in [0.29, 0.717) is 6.07 Å². The van der Waals surface area contributed by atoms with Crippen LogP contribution in [0.3, 0.4) is 0 Å². The second kappa shape index (κ2) is 8.17. The highest BCUT2D eigenvalue weighted by Gasteiger charge is 2.46. The van der Waals surface area contributed by atoms with Gasteiger partial charge in [-0.05, 0) is 20.8 Å². The molecule has 0 spiro atoms. The SMILES string of the molecule is CC(C[C@H]1O[C@@H](c2cn3c(F)cc(=O)[nH]c3nc2=O)C(O)C1O)OP(=O)(O)C(C)(C)O. The summed E-state index contributed by atoms with van der Waals surface area (Å²) in [5, 5.41) is 28.4. The minimum absolute atomic E-state index is 0.167. The van der Waals surface area contributed by atoms with Gasteiger partial charge in [0, 0.05) is 12.6 Å². The number of ether oxygens (including phenoxy) is 1. The third-order valence-electron chi connectivity index (χ3n) is 4.91. The fourth-order valence-corrected chi connectivity index (χ4v) is 4.02. The van der Waals surface area contributed by atoms with Gasteiger partial charge in [-0.25, -0.2) is 0 Å². The van der Waals surface area contributed by atoms with Crippen molar-refractivity contribution in [2.75, 3.05) is 0 Å². The van der Waals surface area contributed by atoms with Crippen molar-refractivity contribution in [3.63, 3.8) is 0 Å². The molecule has 0 aliphatic carbocycles. The van der Waals surface area contributed by atoms with E-state index in [1.807, 2.05) is 0 Å². The summed E-state index contributed by atoms with van der Waals surface area (Å²) in [6.45, 7) is 3.62. The van der Waals surface area contributed by atoms with Gasteiger partial charge in [0.25, 0.3) is 11.1 Å². The van der Waals surface area contributed by atoms with Crippen molar-refractivity contribution in [3.05, 3.63) is 44.5 Å². The molecule has 2 aromatic rings. The first-order valence-electron chi connectivity index (χ1n) is 9.28. The zero-order valence-corrected chi connectivity index (χ0v) is 17.7. The average molecular weight is 463 g/mol. The molecule has 3 heterocycles. The Balaban J connectivity index is 1.84. The molecule has 2 aromatic heterocycles. The van der Waals surface area contributed by atoms with Crippen LogP contribution in [0.25, 0.3) is 5.78 Å². The molecule has 12 nitrogen and oxygen atoms in total. The first-order valence-corrected chi connectivity index (χ1v) is 10.9. The highest BCUT2D eigenvalue weighted by atomic mass is 31.2. The Morgan fingerprint density at radius 3 is 2.65 bits per heavy atom. The lowest BCUT2D eigenvalue weighted by molar-refractivity contribution is -0.0183. The fourth-order valence-electron chi connectivity index (χ4n) is 3.18. The Kier molecular flexibility index (Phi) is 6.24. The summed E-state index contributed by atoms with van der Waals surface area (Å²) in [7, 11) is -4.42. The maximum atomic E-state index is 14.1. The van der Waals surface area contributed by atoms with Gasteiger partial charge in [0.15, 0.2) is 5.34 Å². The number of fused-ring (bicyclic) bond motifs is 1. The van der Waals surface area contributed by atoms with Crippen molar-refractivity contribution in [1.82, 2.24) is 14.4 Å². The van der Waals surface area contributed by atoms with Gasteiger partial charge in [0.1, 0.15) is 18.3 Å². The van der Waals surface area contributed by atoms with E-state index < -0.39 is 60.5 Å². The molecule has 0 radical (unpaired) electrons. The van der Waals surface area contributed by atoms with Crippen molar-refractivity contribution in [2.24, 2.45) is 0 Å². The summed E-state index contributed by atoms with van der Waals surface area (Å²) in [6, 6.07) is 0.640. The molecule has 0 aromatic carbocycles. The Bertz CT molecular complexity index is 1140. The molecular formula is C17H23FN3O9P. The Morgan fingerprint density at radius 1 is 1.39 bits per heavy atom. The first kappa shape index (κ1) is 23.7. The molecule has 172 valence electrons. The quantitative estimate of drug-likeness (QED) is 0.274. The molecule has 1 fully saturated rings. The Labute approximate surface area is 174 Å². The fraction of sp³-hybridized carbons (Fsp3) is 0.588. The highest BCUT2D eigenvalue weighted by molar-refractivity contribution is 7.54. The predicted molar refractivity (Wildman–Crippen MR) is 103 cm³/mol. The van der Waals surface area contributed by atoms with Gasteiger partial charge in [0.2, 0.25) is 11.7 Å². The van der Waals surface area contributed by atoms with Gasteiger partial charge in [-0.2, -0.15) is 9.37 Å². The molecule has 4 unspecified atom stereocenters. The molecule has 0 bridgehead atoms. The van der Waals surface area contributed by atoms with Gasteiger partial charge in [-0.1, -0.05) is 0 Å². The van der Waals surface area contributed by atoms with Crippen LogP contribution in [-0.4, -0.2) is 64.3 Å². The molecule has 5 N–H and O–H groups in total. The molecule has 0 saturated carbocycles. The number of aromatic nitrogens is 3. The van der Waals surface area contributed by atoms with Gasteiger partial charge >= 0.3 is 7.60 Å². The molecule has 3 rings (SSSR count). The standard InChI is InChI=1S/C17H23FN3O9P/c1-7(30-31(27,28)17(2,3)26)4-9-12(23)13(24)14(29-9)8-6-21-10(18)5-11(22)19-16(21)20-15(8)25/h5-7,9,12-14,23-24,26H,4H2,1-3H3,(H,27,28)(H,19,20,22,25)/t7?,9-,12?,13?,14+/m1/s1. The van der Waals surface area contributed by atoms with Crippen LogP contribution in [0.1, 0.15) is 38.9 Å². The minimum atomic E-state index is -4.42. The highest BCUT2D eigenvalue weighted by Crippen LogP contribution is 2.54. The van der Waals surface area contributed by atoms with Crippen LogP contribution in [0.5, 0.6) is 0 Å². The van der Waals surface area contributed by atoms with E-state index in [-0.39, 0.29) is 17.8 Å². The number of nitrogens with one attached hydrogen (secondary N) is 1. The zero-order chi connectivity index (χ0) is 23.3. The van der Waals surface area contributed by atoms with Crippen molar-refractivity contribution in [2.45, 2.75) is 63.1 Å². The number of rotatable bonds is 6. The number of aliphatic hydroxyl groups is 3. The minimum Gasteiger partial charge on any atom is -0.388 e. The van der Waals surface area contributed by atoms with Crippen molar-refractivity contribution in [1.29, 1.82) is 0 Å². The van der Waals surface area contributed by atoms with Gasteiger partial charge in [-0.15, -0.1) is 0 Å². The van der Waals surface area contributed by atoms with Crippen molar-refractivity contribution >= 4 is 13.4 Å². The predicted octanol–water partition coefficient (Wildman–Crippen LogP) is -0.607. The van der Waals surface area contributed by atoms with E-state index in [1.165, 1.54) is 6.92 Å². The third-order valence-corrected chi connectivity index (χ3v) is 6.94. The lowest BCUT2D eigenvalue weighted by Crippen LogP contribution is -2.34. The lowest BCUT2D eigenvalue weighted by Gasteiger charge is -2.28. The number of nitrogens with zero attached hydrogens (tertiary/aromatic N) is 2. The molecular weight excluding hydrogens is 440 g/mol. The Hall–Kier alpha value is -1.99. The third kappa shape index (κ3) is 4.62. The first-order chi connectivity index (χ1) is 14.2. The van der Waals surface area contributed by atoms with Crippen LogP contribution in [0.4, 0.5) is 4.39 Å². The summed E-state index contributed by atoms with van der Waals surface area (Å²) in [5.74, 6) is -1.36. The monoisotopic (exact) mass is 463 g/mol. The topological polar surface area (TPSA) is 184 Å². The van der Waals surface area contributed by atoms with Gasteiger partial charge in [-0.3, -0.25) is 23.5 Å². The molecule has 1 aliphatic rings. The second-order valence-corrected chi connectivity index (χ2v) is 10.2. The van der Waals surface area contributed by atoms with Crippen LogP contribution in [0.15, 0.2) is 21.9 Å². The summed E-state index contributed by atoms with van der Waals surface area (Å²) in [4.78, 5) is 39.3. The molecule has 0 amide bonds. The van der Waals surface area contributed by atoms with Crippen molar-refractivity contribution < 1.29 is 38.4 Å². The summed E-state index contributed by atoms with van der Waals surface area (Å²) >= 11 is 0. The molecule has 14 heteroatoms. The maximum absolute atomic E-state index is 14.1. The lowest BCUT2D eigenvalue weighted by atomic mass is 10.0. The number of halogens is 1. The number of aromatic amines is 1. The van der Waals surface area contributed by atoms with Crippen LogP contribution < -0.4 is 11.1 Å². The van der Waals surface area contributed by atoms with E-state index in [0.717, 1.165) is 24.4 Å². The summed E-state index contributed by atoms with van der Waals surface area (Å²) in [5.41, 5.74) is -1.98. The zero-order valence-electron chi connectivity index (χ0n) is 16.8. The maximum Gasteiger partial charge on any atom is 0.359 e. The molecule has 6 atom stereocenters. The van der Waals surface area contributed by atoms with Crippen molar-refractivity contribution in [3.8, 4) is 0 Å². The average Bonchev–Trinajstić information content (AvgIpc) is 2.88. The van der Waals surface area contributed by atoms with Crippen LogP contribution in [0, 0.1) is 5.95 Å². The number of H-pyrrole nitrogens is 1. The second-order valence-electron chi connectivity index (χ2n) is 7.89. The number of aliphatic hydroxyl groups excluding tert-OH is 2. The van der Waals surface area contributed by atoms with E-state index >= 15 is 0 Å². The molecule has 1 saturated heterocycles. The van der Waals surface area contributed by atoms with E-state index in [9.17, 15) is 38.8 Å². The van der Waals surface area contributed by atoms with E-state index in [1.54, 1.807) is 0 Å². The van der Waals surface area contributed by atoms with Crippen LogP contribution in [-0.2, 0) is 13.8 Å². The summed E-state index contributed by atoms with van der Waals surface area (Å²) in [6.07, 6.45) is -5.74. The molecule has 31 heavy (non-hydrogen) atoms.